The molecule has 0 aliphatic rings. The van der Waals surface area contributed by atoms with E-state index in [0.717, 1.165) is 10.7 Å². The van der Waals surface area contributed by atoms with Crippen LogP contribution in [0.5, 0.6) is 0 Å². The molecule has 0 fully saturated rings. The Morgan fingerprint density at radius 3 is 1.50 bits per heavy atom. The highest BCUT2D eigenvalue weighted by atomic mass is 35.5. The van der Waals surface area contributed by atoms with Gasteiger partial charge in [0.05, 0.1) is 0 Å². The van der Waals surface area contributed by atoms with E-state index < -0.39 is 0 Å². The normalized spacial score (nSPS) is 12.5. The van der Waals surface area contributed by atoms with Crippen LogP contribution in [0.15, 0.2) is 36.4 Å². The maximum Gasteiger partial charge on any atom is 0.0406 e. The maximum atomic E-state index is 6.51. The number of benzene rings is 2. The minimum atomic E-state index is 0.00647. The fourth-order valence-electron chi connectivity index (χ4n) is 2.70. The zero-order valence-electron chi connectivity index (χ0n) is 14.4. The summed E-state index contributed by atoms with van der Waals surface area (Å²) in [5, 5.41) is 0.756. The molecule has 0 atom stereocenters. The van der Waals surface area contributed by atoms with E-state index in [4.69, 9.17) is 17.3 Å². The SMILES string of the molecule is CC(C)(C)c1cc(-c2ccc(Cl)cc2)cc(C(C)(C)C)c1N. The number of rotatable bonds is 1. The summed E-state index contributed by atoms with van der Waals surface area (Å²) < 4.78 is 0. The Kier molecular flexibility index (Phi) is 4.32. The molecule has 2 N–H and O–H groups in total. The molecule has 0 saturated heterocycles. The number of nitrogen functional groups attached to an aromatic ring is 1. The average Bonchev–Trinajstić information content (AvgIpc) is 2.37. The fraction of sp³-hybridized carbons (Fsp3) is 0.400. The second-order valence-electron chi connectivity index (χ2n) is 7.99. The molecule has 0 radical (unpaired) electrons. The van der Waals surface area contributed by atoms with Crippen LogP contribution in [-0.2, 0) is 10.8 Å². The summed E-state index contributed by atoms with van der Waals surface area (Å²) in [7, 11) is 0. The summed E-state index contributed by atoms with van der Waals surface area (Å²) in [6, 6.07) is 12.4. The van der Waals surface area contributed by atoms with E-state index in [9.17, 15) is 0 Å². The number of anilines is 1. The molecule has 0 aromatic heterocycles. The van der Waals surface area contributed by atoms with E-state index in [0.29, 0.717) is 0 Å². The van der Waals surface area contributed by atoms with Gasteiger partial charge in [-0.3, -0.25) is 0 Å². The van der Waals surface area contributed by atoms with Crippen molar-refractivity contribution in [2.24, 2.45) is 0 Å². The van der Waals surface area contributed by atoms with Gasteiger partial charge in [0.25, 0.3) is 0 Å². The highest BCUT2D eigenvalue weighted by molar-refractivity contribution is 6.30. The minimum absolute atomic E-state index is 0.00647. The fourth-order valence-corrected chi connectivity index (χ4v) is 2.83. The Morgan fingerprint density at radius 1 is 0.727 bits per heavy atom. The van der Waals surface area contributed by atoms with Crippen molar-refractivity contribution in [2.75, 3.05) is 5.73 Å². The molecule has 2 rings (SSSR count). The standard InChI is InChI=1S/C20H26ClN/c1-19(2,3)16-11-14(13-7-9-15(21)10-8-13)12-17(18(16)22)20(4,5)6/h7-12H,22H2,1-6H3. The number of hydrogen-bond acceptors (Lipinski definition) is 1. The number of hydrogen-bond donors (Lipinski definition) is 1. The van der Waals surface area contributed by atoms with Crippen LogP contribution in [0.4, 0.5) is 5.69 Å². The molecule has 22 heavy (non-hydrogen) atoms. The summed E-state index contributed by atoms with van der Waals surface area (Å²) in [6.45, 7) is 13.2. The highest BCUT2D eigenvalue weighted by Gasteiger charge is 2.25. The summed E-state index contributed by atoms with van der Waals surface area (Å²) in [4.78, 5) is 0. The molecular formula is C20H26ClN. The first-order valence-corrected chi connectivity index (χ1v) is 8.08. The topological polar surface area (TPSA) is 26.0 Å². The van der Waals surface area contributed by atoms with E-state index >= 15 is 0 Å². The van der Waals surface area contributed by atoms with Crippen molar-refractivity contribution < 1.29 is 0 Å². The largest absolute Gasteiger partial charge is 0.398 e. The summed E-state index contributed by atoms with van der Waals surface area (Å²) in [5.74, 6) is 0. The molecule has 0 aliphatic heterocycles. The van der Waals surface area contributed by atoms with Crippen LogP contribution in [0.2, 0.25) is 5.02 Å². The second-order valence-corrected chi connectivity index (χ2v) is 8.43. The Labute approximate surface area is 139 Å². The summed E-state index contributed by atoms with van der Waals surface area (Å²) in [6.07, 6.45) is 0. The predicted octanol–water partition coefficient (Wildman–Crippen LogP) is 6.18. The van der Waals surface area contributed by atoms with Crippen molar-refractivity contribution in [1.29, 1.82) is 0 Å². The quantitative estimate of drug-likeness (QED) is 0.624. The molecular weight excluding hydrogens is 290 g/mol. The van der Waals surface area contributed by atoms with Gasteiger partial charge in [-0.2, -0.15) is 0 Å². The molecule has 0 spiro atoms. The van der Waals surface area contributed by atoms with E-state index in [2.05, 4.69) is 65.8 Å². The van der Waals surface area contributed by atoms with Crippen LogP contribution in [0.1, 0.15) is 52.7 Å². The van der Waals surface area contributed by atoms with E-state index in [1.807, 2.05) is 12.1 Å². The van der Waals surface area contributed by atoms with Crippen LogP contribution >= 0.6 is 11.6 Å². The number of halogens is 1. The molecule has 0 unspecified atom stereocenters. The van der Waals surface area contributed by atoms with Crippen molar-refractivity contribution in [3.8, 4) is 11.1 Å². The van der Waals surface area contributed by atoms with Gasteiger partial charge in [-0.15, -0.1) is 0 Å². The number of nitrogens with two attached hydrogens (primary N) is 1. The molecule has 0 bridgehead atoms. The smallest absolute Gasteiger partial charge is 0.0406 e. The summed E-state index contributed by atoms with van der Waals surface area (Å²) in [5.41, 5.74) is 12.2. The molecule has 118 valence electrons. The molecule has 0 saturated carbocycles. The zero-order chi connectivity index (χ0) is 16.7. The first-order valence-electron chi connectivity index (χ1n) is 7.70. The highest BCUT2D eigenvalue weighted by Crippen LogP contribution is 2.39. The van der Waals surface area contributed by atoms with E-state index in [1.54, 1.807) is 0 Å². The van der Waals surface area contributed by atoms with Gasteiger partial charge >= 0.3 is 0 Å². The molecule has 0 aliphatic carbocycles. The third kappa shape index (κ3) is 3.47. The third-order valence-electron chi connectivity index (χ3n) is 3.97. The summed E-state index contributed by atoms with van der Waals surface area (Å²) >= 11 is 6.01. The molecule has 1 nitrogen and oxygen atoms in total. The van der Waals surface area contributed by atoms with Gasteiger partial charge in [-0.25, -0.2) is 0 Å². The van der Waals surface area contributed by atoms with Gasteiger partial charge in [-0.05, 0) is 57.3 Å². The Balaban J connectivity index is 2.73. The molecule has 2 aromatic rings. The van der Waals surface area contributed by atoms with Gasteiger partial charge in [-0.1, -0.05) is 65.3 Å². The zero-order valence-corrected chi connectivity index (χ0v) is 15.2. The van der Waals surface area contributed by atoms with Crippen molar-refractivity contribution in [3.05, 3.63) is 52.5 Å². The Hall–Kier alpha value is -1.47. The van der Waals surface area contributed by atoms with Crippen LogP contribution in [0, 0.1) is 0 Å². The van der Waals surface area contributed by atoms with Crippen molar-refractivity contribution in [3.63, 3.8) is 0 Å². The monoisotopic (exact) mass is 315 g/mol. The van der Waals surface area contributed by atoms with Gasteiger partial charge in [0.1, 0.15) is 0 Å². The van der Waals surface area contributed by atoms with Crippen LogP contribution < -0.4 is 5.73 Å². The maximum absolute atomic E-state index is 6.51. The van der Waals surface area contributed by atoms with Gasteiger partial charge in [0, 0.05) is 10.7 Å². The minimum Gasteiger partial charge on any atom is -0.398 e. The average molecular weight is 316 g/mol. The third-order valence-corrected chi connectivity index (χ3v) is 4.23. The van der Waals surface area contributed by atoms with Crippen LogP contribution in [-0.4, -0.2) is 0 Å². The van der Waals surface area contributed by atoms with Gasteiger partial charge in [0.2, 0.25) is 0 Å². The predicted molar refractivity (Wildman–Crippen MR) is 98.7 cm³/mol. The Bertz CT molecular complexity index is 635. The van der Waals surface area contributed by atoms with Crippen molar-refractivity contribution in [2.45, 2.75) is 52.4 Å². The molecule has 0 heterocycles. The first kappa shape index (κ1) is 16.9. The molecule has 0 amide bonds. The second kappa shape index (κ2) is 5.62. The lowest BCUT2D eigenvalue weighted by Gasteiger charge is -2.29. The lowest BCUT2D eigenvalue weighted by Crippen LogP contribution is -2.20. The van der Waals surface area contributed by atoms with E-state index in [-0.39, 0.29) is 10.8 Å². The van der Waals surface area contributed by atoms with Crippen LogP contribution in [0.3, 0.4) is 0 Å². The molecule has 2 heteroatoms. The lowest BCUT2D eigenvalue weighted by atomic mass is 9.77. The lowest BCUT2D eigenvalue weighted by molar-refractivity contribution is 0.573. The van der Waals surface area contributed by atoms with Crippen LogP contribution in [0.25, 0.3) is 11.1 Å². The van der Waals surface area contributed by atoms with Gasteiger partial charge < -0.3 is 5.73 Å². The Morgan fingerprint density at radius 2 is 1.14 bits per heavy atom. The first-order chi connectivity index (χ1) is 10.00. The van der Waals surface area contributed by atoms with Crippen molar-refractivity contribution in [1.82, 2.24) is 0 Å². The van der Waals surface area contributed by atoms with E-state index in [1.165, 1.54) is 22.3 Å². The van der Waals surface area contributed by atoms with Crippen molar-refractivity contribution >= 4 is 17.3 Å². The van der Waals surface area contributed by atoms with Gasteiger partial charge in [0.15, 0.2) is 0 Å². The molecule has 2 aromatic carbocycles.